The van der Waals surface area contributed by atoms with E-state index in [1.54, 1.807) is 7.05 Å². The summed E-state index contributed by atoms with van der Waals surface area (Å²) in [5.74, 6) is -1.69. The van der Waals surface area contributed by atoms with Crippen LogP contribution in [0, 0.1) is 12.1 Å². The third-order valence-corrected chi connectivity index (χ3v) is 3.42. The highest BCUT2D eigenvalue weighted by molar-refractivity contribution is 6.54. The number of carbonyl (C=O) groups excluding carboxylic acids is 2. The van der Waals surface area contributed by atoms with Crippen LogP contribution < -0.4 is 0 Å². The van der Waals surface area contributed by atoms with Gasteiger partial charge in [-0.3, -0.25) is 14.5 Å². The van der Waals surface area contributed by atoms with Crippen molar-refractivity contribution in [1.82, 2.24) is 4.90 Å². The Kier molecular flexibility index (Phi) is 5.38. The third-order valence-electron chi connectivity index (χ3n) is 3.42. The summed E-state index contributed by atoms with van der Waals surface area (Å²) >= 11 is 0. The Bertz CT molecular complexity index is 593. The van der Waals surface area contributed by atoms with E-state index >= 15 is 0 Å². The minimum absolute atomic E-state index is 0.0145. The quantitative estimate of drug-likeness (QED) is 0.263. The number of aryl methyl sites for hydroxylation is 1. The molecule has 1 aliphatic heterocycles. The normalized spacial score (nSPS) is 18.7. The van der Waals surface area contributed by atoms with E-state index in [1.165, 1.54) is 18.2 Å². The molecule has 1 atom stereocenters. The lowest BCUT2D eigenvalue weighted by Gasteiger charge is -2.25. The molecule has 2 rings (SSSR count). The fourth-order valence-corrected chi connectivity index (χ4v) is 2.33. The van der Waals surface area contributed by atoms with Gasteiger partial charge in [0, 0.05) is 0 Å². The Balaban J connectivity index is 2.33. The average Bonchev–Trinajstić information content (AvgIpc) is 2.43. The van der Waals surface area contributed by atoms with Gasteiger partial charge in [-0.25, -0.2) is 4.74 Å². The van der Waals surface area contributed by atoms with Crippen molar-refractivity contribution in [3.63, 3.8) is 0 Å². The molecule has 8 heteroatoms. The van der Waals surface area contributed by atoms with Crippen molar-refractivity contribution in [3.05, 3.63) is 40.6 Å². The Morgan fingerprint density at radius 1 is 1.22 bits per heavy atom. The molecule has 23 heavy (non-hydrogen) atoms. The molecular formula is C15H19BN2O5. The molecule has 0 spiro atoms. The molecule has 1 heterocycles. The number of benzene rings is 1. The van der Waals surface area contributed by atoms with E-state index in [1.807, 2.05) is 31.2 Å². The number of likely N-dealkylation sites (N-methyl/N-ethyl adjacent to an activating group) is 1. The van der Waals surface area contributed by atoms with Gasteiger partial charge in [-0.15, -0.1) is 0 Å². The fourth-order valence-electron chi connectivity index (χ4n) is 2.33. The molecule has 0 aromatic heterocycles. The number of hydroxylamine groups is 1. The van der Waals surface area contributed by atoms with Crippen molar-refractivity contribution >= 4 is 25.3 Å². The zero-order valence-corrected chi connectivity index (χ0v) is 13.4. The number of hydrogen-bond donors (Lipinski definition) is 0. The van der Waals surface area contributed by atoms with Crippen molar-refractivity contribution in [1.29, 1.82) is 0 Å². The van der Waals surface area contributed by atoms with Gasteiger partial charge in [0.05, 0.1) is 13.1 Å². The lowest BCUT2D eigenvalue weighted by Crippen LogP contribution is -2.45. The van der Waals surface area contributed by atoms with Crippen molar-refractivity contribution in [3.8, 4) is 0 Å². The van der Waals surface area contributed by atoms with Crippen LogP contribution in [0.15, 0.2) is 24.3 Å². The van der Waals surface area contributed by atoms with Gasteiger partial charge in [0.25, 0.3) is 0 Å². The molecule has 1 fully saturated rings. The molecule has 1 aromatic rings. The maximum atomic E-state index is 11.9. The third kappa shape index (κ3) is 4.82. The van der Waals surface area contributed by atoms with E-state index < -0.39 is 24.9 Å². The molecule has 0 N–H and O–H groups in total. The van der Waals surface area contributed by atoms with Crippen LogP contribution in [0.4, 0.5) is 0 Å². The first-order chi connectivity index (χ1) is 10.8. The number of nitrogens with zero attached hydrogens (tertiary/aromatic N) is 2. The highest BCUT2D eigenvalue weighted by Crippen LogP contribution is 2.21. The monoisotopic (exact) mass is 318 g/mol. The molecule has 1 unspecified atom stereocenters. The van der Waals surface area contributed by atoms with E-state index in [-0.39, 0.29) is 13.1 Å². The van der Waals surface area contributed by atoms with Crippen LogP contribution in [0.25, 0.3) is 0 Å². The van der Waals surface area contributed by atoms with Crippen LogP contribution in [0.2, 0.25) is 0 Å². The van der Waals surface area contributed by atoms with E-state index in [4.69, 9.17) is 9.31 Å². The van der Waals surface area contributed by atoms with E-state index in [9.17, 15) is 14.8 Å². The van der Waals surface area contributed by atoms with E-state index in [0.717, 1.165) is 11.1 Å². The van der Waals surface area contributed by atoms with E-state index in [2.05, 4.69) is 0 Å². The van der Waals surface area contributed by atoms with Gasteiger partial charge in [-0.2, -0.15) is 0 Å². The summed E-state index contributed by atoms with van der Waals surface area (Å²) in [5.41, 5.74) is 1.77. The van der Waals surface area contributed by atoms with Crippen LogP contribution in [-0.4, -0.2) is 62.1 Å². The van der Waals surface area contributed by atoms with Gasteiger partial charge >= 0.3 is 19.1 Å². The maximum Gasteiger partial charge on any atom is 0.617 e. The second-order valence-corrected chi connectivity index (χ2v) is 5.65. The Morgan fingerprint density at radius 2 is 1.74 bits per heavy atom. The molecule has 7 nitrogen and oxygen atoms in total. The van der Waals surface area contributed by atoms with Crippen molar-refractivity contribution in [2.45, 2.75) is 12.7 Å². The largest absolute Gasteiger partial charge is 0.624 e. The van der Waals surface area contributed by atoms with Crippen LogP contribution in [0.1, 0.15) is 16.9 Å². The summed E-state index contributed by atoms with van der Waals surface area (Å²) < 4.78 is 11.1. The fraction of sp³-hybridized carbons (Fsp3) is 0.400. The SMILES string of the molecule is Cc1ccc(C(/C=[N+](/C)[O-])B2OC(=O)CN(C)CC(=O)O2)cc1. The second-order valence-electron chi connectivity index (χ2n) is 5.65. The van der Waals surface area contributed by atoms with Crippen LogP contribution in [0.5, 0.6) is 0 Å². The van der Waals surface area contributed by atoms with Gasteiger partial charge in [0.15, 0.2) is 6.21 Å². The summed E-state index contributed by atoms with van der Waals surface area (Å²) in [7, 11) is 1.78. The highest BCUT2D eigenvalue weighted by atomic mass is 16.6. The number of rotatable bonds is 3. The molecule has 1 saturated heterocycles. The lowest BCUT2D eigenvalue weighted by atomic mass is 9.68. The molecular weight excluding hydrogens is 299 g/mol. The predicted octanol–water partition coefficient (Wildman–Crippen LogP) is 0.349. The zero-order chi connectivity index (χ0) is 17.0. The summed E-state index contributed by atoms with van der Waals surface area (Å²) in [4.78, 5) is 25.3. The zero-order valence-electron chi connectivity index (χ0n) is 13.4. The first kappa shape index (κ1) is 17.0. The Hall–Kier alpha value is -2.35. The number of carbonyl (C=O) groups is 2. The lowest BCUT2D eigenvalue weighted by molar-refractivity contribution is -0.418. The van der Waals surface area contributed by atoms with E-state index in [0.29, 0.717) is 4.74 Å². The average molecular weight is 318 g/mol. The standard InChI is InChI=1S/C15H19BN2O5/c1-11-4-6-12(7-5-11)13(8-18(3)21)16-22-14(19)9-17(2)10-15(20)23-16/h4-8,13H,9-10H2,1-3H3/b18-8-. The summed E-state index contributed by atoms with van der Waals surface area (Å²) in [5, 5.41) is 11.5. The second kappa shape index (κ2) is 7.28. The van der Waals surface area contributed by atoms with Gasteiger partial charge in [-0.1, -0.05) is 29.8 Å². The number of hydrogen-bond acceptors (Lipinski definition) is 6. The summed E-state index contributed by atoms with van der Waals surface area (Å²) in [6, 6.07) is 7.38. The molecule has 0 amide bonds. The van der Waals surface area contributed by atoms with Gasteiger partial charge < -0.3 is 14.5 Å². The molecule has 0 saturated carbocycles. The van der Waals surface area contributed by atoms with Crippen LogP contribution in [0.3, 0.4) is 0 Å². The highest BCUT2D eigenvalue weighted by Gasteiger charge is 2.41. The van der Waals surface area contributed by atoms with Gasteiger partial charge in [-0.05, 0) is 19.5 Å². The minimum atomic E-state index is -1.16. The molecule has 122 valence electrons. The molecule has 1 aromatic carbocycles. The van der Waals surface area contributed by atoms with Gasteiger partial charge in [0.1, 0.15) is 12.9 Å². The Morgan fingerprint density at radius 3 is 2.22 bits per heavy atom. The smallest absolute Gasteiger partial charge is 0.617 e. The minimum Gasteiger partial charge on any atom is -0.624 e. The summed E-state index contributed by atoms with van der Waals surface area (Å²) in [6.07, 6.45) is 1.32. The van der Waals surface area contributed by atoms with Crippen LogP contribution >= 0.6 is 0 Å². The van der Waals surface area contributed by atoms with Crippen molar-refractivity contribution in [2.75, 3.05) is 27.2 Å². The predicted molar refractivity (Wildman–Crippen MR) is 85.0 cm³/mol. The van der Waals surface area contributed by atoms with Crippen LogP contribution in [-0.2, 0) is 18.9 Å². The topological polar surface area (TPSA) is 81.9 Å². The molecule has 0 bridgehead atoms. The van der Waals surface area contributed by atoms with Crippen molar-refractivity contribution in [2.24, 2.45) is 0 Å². The summed E-state index contributed by atoms with van der Waals surface area (Å²) in [6.45, 7) is 1.91. The first-order valence-corrected chi connectivity index (χ1v) is 7.24. The molecule has 1 aliphatic rings. The maximum absolute atomic E-state index is 11.9. The first-order valence-electron chi connectivity index (χ1n) is 7.24. The molecule has 0 aliphatic carbocycles. The Labute approximate surface area is 135 Å². The van der Waals surface area contributed by atoms with Gasteiger partial charge in [0.2, 0.25) is 0 Å². The molecule has 0 radical (unpaired) electrons. The van der Waals surface area contributed by atoms with Crippen molar-refractivity contribution < 1.29 is 23.6 Å².